The summed E-state index contributed by atoms with van der Waals surface area (Å²) in [5.41, 5.74) is 1.28. The molecule has 24 heavy (non-hydrogen) atoms. The maximum absolute atomic E-state index is 14.4. The van der Waals surface area contributed by atoms with E-state index >= 15 is 0 Å². The van der Waals surface area contributed by atoms with Crippen molar-refractivity contribution in [2.45, 2.75) is 31.4 Å². The van der Waals surface area contributed by atoms with E-state index in [-0.39, 0.29) is 17.5 Å². The van der Waals surface area contributed by atoms with Gasteiger partial charge in [-0.15, -0.1) is 0 Å². The van der Waals surface area contributed by atoms with Crippen LogP contribution in [0.25, 0.3) is 0 Å². The van der Waals surface area contributed by atoms with E-state index in [1.165, 1.54) is 6.07 Å². The number of aliphatic hydroxyl groups excluding tert-OH is 1. The molecule has 0 radical (unpaired) electrons. The largest absolute Gasteiger partial charge is 0.389 e. The number of benzene rings is 1. The Bertz CT molecular complexity index is 627. The van der Waals surface area contributed by atoms with Crippen molar-refractivity contribution in [3.63, 3.8) is 0 Å². The van der Waals surface area contributed by atoms with Gasteiger partial charge >= 0.3 is 0 Å². The van der Waals surface area contributed by atoms with E-state index in [4.69, 9.17) is 4.74 Å². The van der Waals surface area contributed by atoms with E-state index in [0.29, 0.717) is 31.7 Å². The van der Waals surface area contributed by atoms with Gasteiger partial charge in [0.1, 0.15) is 5.82 Å². The van der Waals surface area contributed by atoms with Gasteiger partial charge in [-0.05, 0) is 30.9 Å². The Hall–Kier alpha value is -1.56. The lowest BCUT2D eigenvalue weighted by Crippen LogP contribution is -2.43. The standard InChI is InChI=1S/C19H24FNO3/c1-24-11-9-14-12-21(10-8-17(14)22)18(19(23)13-6-7-13)15-4-2-3-5-16(15)20/h2-5,9,13,17-18,22H,6-8,10-12H2,1H3/b14-9+. The lowest BCUT2D eigenvalue weighted by molar-refractivity contribution is -0.126. The number of hydrogen-bond donors (Lipinski definition) is 1. The van der Waals surface area contributed by atoms with Crippen LogP contribution in [0.3, 0.4) is 0 Å². The second kappa shape index (κ2) is 7.55. The molecule has 1 aliphatic carbocycles. The average molecular weight is 333 g/mol. The predicted octanol–water partition coefficient (Wildman–Crippen LogP) is 2.49. The number of nitrogens with zero attached hydrogens (tertiary/aromatic N) is 1. The molecule has 1 saturated carbocycles. The molecule has 0 aromatic heterocycles. The number of piperidine rings is 1. The smallest absolute Gasteiger partial charge is 0.157 e. The first-order valence-corrected chi connectivity index (χ1v) is 8.50. The zero-order chi connectivity index (χ0) is 17.1. The van der Waals surface area contributed by atoms with E-state index < -0.39 is 12.1 Å². The van der Waals surface area contributed by atoms with Crippen LogP contribution in [0.5, 0.6) is 0 Å². The topological polar surface area (TPSA) is 49.8 Å². The first-order chi connectivity index (χ1) is 11.6. The molecule has 1 heterocycles. The van der Waals surface area contributed by atoms with Crippen LogP contribution in [0.15, 0.2) is 35.9 Å². The monoisotopic (exact) mass is 333 g/mol. The number of Topliss-reactive ketones (excluding diaryl/α,β-unsaturated/α-hetero) is 1. The van der Waals surface area contributed by atoms with E-state index in [2.05, 4.69) is 0 Å². The Kier molecular flexibility index (Phi) is 5.43. The van der Waals surface area contributed by atoms with Gasteiger partial charge in [-0.1, -0.05) is 24.3 Å². The summed E-state index contributed by atoms with van der Waals surface area (Å²) in [6.45, 7) is 1.45. The van der Waals surface area contributed by atoms with E-state index in [1.54, 1.807) is 25.3 Å². The van der Waals surface area contributed by atoms with Crippen LogP contribution in [0, 0.1) is 11.7 Å². The summed E-state index contributed by atoms with van der Waals surface area (Å²) in [4.78, 5) is 14.8. The molecule has 1 aromatic rings. The van der Waals surface area contributed by atoms with Crippen LogP contribution in [0.4, 0.5) is 4.39 Å². The number of ether oxygens (including phenoxy) is 1. The minimum Gasteiger partial charge on any atom is -0.389 e. The van der Waals surface area contributed by atoms with Gasteiger partial charge in [0.25, 0.3) is 0 Å². The quantitative estimate of drug-likeness (QED) is 0.813. The minimum atomic E-state index is -0.572. The number of methoxy groups -OCH3 is 1. The molecule has 0 spiro atoms. The van der Waals surface area contributed by atoms with Crippen molar-refractivity contribution in [3.8, 4) is 0 Å². The molecule has 0 amide bonds. The fraction of sp³-hybridized carbons (Fsp3) is 0.526. The van der Waals surface area contributed by atoms with Gasteiger partial charge in [0.05, 0.1) is 18.8 Å². The summed E-state index contributed by atoms with van der Waals surface area (Å²) in [6, 6.07) is 5.94. The highest BCUT2D eigenvalue weighted by molar-refractivity contribution is 5.89. The lowest BCUT2D eigenvalue weighted by atomic mass is 9.93. The normalized spacial score (nSPS) is 25.0. The summed E-state index contributed by atoms with van der Waals surface area (Å²) >= 11 is 0. The number of likely N-dealkylation sites (tertiary alicyclic amines) is 1. The summed E-state index contributed by atoms with van der Waals surface area (Å²) in [7, 11) is 1.60. The Labute approximate surface area is 141 Å². The number of aliphatic hydroxyl groups is 1. The van der Waals surface area contributed by atoms with Crippen molar-refractivity contribution in [3.05, 3.63) is 47.3 Å². The van der Waals surface area contributed by atoms with E-state index in [1.807, 2.05) is 11.0 Å². The van der Waals surface area contributed by atoms with Crippen molar-refractivity contribution in [2.75, 3.05) is 26.8 Å². The maximum atomic E-state index is 14.4. The molecule has 4 nitrogen and oxygen atoms in total. The van der Waals surface area contributed by atoms with Crippen molar-refractivity contribution < 1.29 is 19.0 Å². The Balaban J connectivity index is 1.88. The van der Waals surface area contributed by atoms with Gasteiger partial charge in [0.15, 0.2) is 5.78 Å². The second-order valence-corrected chi connectivity index (χ2v) is 6.61. The second-order valence-electron chi connectivity index (χ2n) is 6.61. The molecule has 2 unspecified atom stereocenters. The third-order valence-corrected chi connectivity index (χ3v) is 4.83. The minimum absolute atomic E-state index is 0.0489. The molecule has 1 N–H and O–H groups in total. The molecule has 1 saturated heterocycles. The number of rotatable bonds is 6. The van der Waals surface area contributed by atoms with E-state index in [0.717, 1.165) is 18.4 Å². The van der Waals surface area contributed by atoms with Crippen LogP contribution in [0.2, 0.25) is 0 Å². The first-order valence-electron chi connectivity index (χ1n) is 8.50. The molecule has 3 rings (SSSR count). The molecule has 1 aliphatic heterocycles. The molecular formula is C19H24FNO3. The molecule has 2 fully saturated rings. The van der Waals surface area contributed by atoms with Crippen molar-refractivity contribution in [1.82, 2.24) is 4.90 Å². The fourth-order valence-electron chi connectivity index (χ4n) is 3.32. The Morgan fingerprint density at radius 2 is 2.17 bits per heavy atom. The predicted molar refractivity (Wildman–Crippen MR) is 89.0 cm³/mol. The number of hydrogen-bond acceptors (Lipinski definition) is 4. The number of carbonyl (C=O) groups is 1. The van der Waals surface area contributed by atoms with Gasteiger partial charge in [-0.2, -0.15) is 0 Å². The van der Waals surface area contributed by atoms with Crippen LogP contribution in [0.1, 0.15) is 30.9 Å². The highest BCUT2D eigenvalue weighted by Gasteiger charge is 2.40. The zero-order valence-electron chi connectivity index (χ0n) is 14.0. The number of carbonyl (C=O) groups excluding carboxylic acids is 1. The van der Waals surface area contributed by atoms with Crippen molar-refractivity contribution in [2.24, 2.45) is 5.92 Å². The molecule has 1 aromatic carbocycles. The van der Waals surface area contributed by atoms with Crippen LogP contribution >= 0.6 is 0 Å². The van der Waals surface area contributed by atoms with Gasteiger partial charge in [0.2, 0.25) is 0 Å². The summed E-state index contributed by atoms with van der Waals surface area (Å²) in [5, 5.41) is 10.2. The van der Waals surface area contributed by atoms with Crippen molar-refractivity contribution in [1.29, 1.82) is 0 Å². The Morgan fingerprint density at radius 1 is 1.42 bits per heavy atom. The molecule has 0 bridgehead atoms. The van der Waals surface area contributed by atoms with Crippen LogP contribution in [-0.4, -0.2) is 48.7 Å². The first kappa shape index (κ1) is 17.3. The molecule has 5 heteroatoms. The van der Waals surface area contributed by atoms with Crippen LogP contribution < -0.4 is 0 Å². The zero-order valence-corrected chi connectivity index (χ0v) is 14.0. The third kappa shape index (κ3) is 3.74. The third-order valence-electron chi connectivity index (χ3n) is 4.83. The molecule has 2 atom stereocenters. The van der Waals surface area contributed by atoms with Crippen LogP contribution in [-0.2, 0) is 9.53 Å². The van der Waals surface area contributed by atoms with Gasteiger partial charge in [-0.25, -0.2) is 4.39 Å². The van der Waals surface area contributed by atoms with E-state index in [9.17, 15) is 14.3 Å². The average Bonchev–Trinajstić information content (AvgIpc) is 3.42. The fourth-order valence-corrected chi connectivity index (χ4v) is 3.32. The summed E-state index contributed by atoms with van der Waals surface area (Å²) < 4.78 is 19.4. The summed E-state index contributed by atoms with van der Waals surface area (Å²) in [5.74, 6) is -0.194. The molecular weight excluding hydrogens is 309 g/mol. The summed E-state index contributed by atoms with van der Waals surface area (Å²) in [6.07, 6.45) is 3.67. The highest BCUT2D eigenvalue weighted by atomic mass is 19.1. The SMILES string of the molecule is COC/C=C1\CN(C(C(=O)C2CC2)c2ccccc2F)CCC1O. The molecule has 2 aliphatic rings. The lowest BCUT2D eigenvalue weighted by Gasteiger charge is -2.37. The van der Waals surface area contributed by atoms with Gasteiger partial charge in [0, 0.05) is 31.7 Å². The van der Waals surface area contributed by atoms with Crippen molar-refractivity contribution >= 4 is 5.78 Å². The number of halogens is 1. The molecule has 130 valence electrons. The van der Waals surface area contributed by atoms with Gasteiger partial charge in [-0.3, -0.25) is 9.69 Å². The Morgan fingerprint density at radius 3 is 2.83 bits per heavy atom. The highest BCUT2D eigenvalue weighted by Crippen LogP contribution is 2.39. The number of ketones is 1. The maximum Gasteiger partial charge on any atom is 0.157 e. The van der Waals surface area contributed by atoms with Gasteiger partial charge < -0.3 is 9.84 Å².